The number of hydrogen-bond donors (Lipinski definition) is 0. The third-order valence-corrected chi connectivity index (χ3v) is 11.7. The van der Waals surface area contributed by atoms with Crippen molar-refractivity contribution < 1.29 is 0 Å². The van der Waals surface area contributed by atoms with E-state index in [2.05, 4.69) is 169 Å². The lowest BCUT2D eigenvalue weighted by molar-refractivity contribution is 1.31. The van der Waals surface area contributed by atoms with Crippen LogP contribution in [0.5, 0.6) is 0 Å². The van der Waals surface area contributed by atoms with Gasteiger partial charge in [-0.2, -0.15) is 0 Å². The first-order chi connectivity index (χ1) is 23.3. The standard InChI is InChI=1S/C44H27NS2/c1-3-12-33-28(9-1)11-7-15-34(33)30-19-22-31(23-20-30)45(38-16-8-18-40-44(38)36-14-5-6-17-39(36)46-40)32-24-25-37-42(27-32)47-41-26-21-29-10-2-4-13-35(29)43(37)41/h1-27H. The van der Waals surface area contributed by atoms with Crippen LogP contribution in [0.2, 0.25) is 0 Å². The van der Waals surface area contributed by atoms with Gasteiger partial charge in [0.05, 0.1) is 5.69 Å². The number of thiophene rings is 2. The molecule has 0 fully saturated rings. The van der Waals surface area contributed by atoms with Crippen molar-refractivity contribution in [3.63, 3.8) is 0 Å². The summed E-state index contributed by atoms with van der Waals surface area (Å²) in [4.78, 5) is 2.45. The largest absolute Gasteiger partial charge is 0.310 e. The highest BCUT2D eigenvalue weighted by atomic mass is 32.1. The van der Waals surface area contributed by atoms with Crippen LogP contribution in [0.4, 0.5) is 17.1 Å². The molecule has 220 valence electrons. The average Bonchev–Trinajstić information content (AvgIpc) is 3.71. The minimum atomic E-state index is 1.14. The maximum atomic E-state index is 2.45. The Morgan fingerprint density at radius 3 is 1.85 bits per heavy atom. The topological polar surface area (TPSA) is 3.24 Å². The van der Waals surface area contributed by atoms with Crippen LogP contribution in [0.15, 0.2) is 164 Å². The normalized spacial score (nSPS) is 11.8. The Bertz CT molecular complexity index is 2800. The maximum absolute atomic E-state index is 2.45. The van der Waals surface area contributed by atoms with Gasteiger partial charge in [-0.3, -0.25) is 0 Å². The van der Waals surface area contributed by atoms with Gasteiger partial charge in [-0.25, -0.2) is 0 Å². The van der Waals surface area contributed by atoms with Crippen LogP contribution < -0.4 is 4.90 Å². The van der Waals surface area contributed by atoms with Crippen molar-refractivity contribution in [3.05, 3.63) is 164 Å². The predicted molar refractivity (Wildman–Crippen MR) is 207 cm³/mol. The van der Waals surface area contributed by atoms with Gasteiger partial charge in [-0.05, 0) is 81.2 Å². The van der Waals surface area contributed by atoms with Crippen LogP contribution >= 0.6 is 22.7 Å². The van der Waals surface area contributed by atoms with Crippen molar-refractivity contribution in [1.29, 1.82) is 0 Å². The van der Waals surface area contributed by atoms with E-state index in [1.165, 1.54) is 78.7 Å². The Morgan fingerprint density at radius 2 is 0.979 bits per heavy atom. The summed E-state index contributed by atoms with van der Waals surface area (Å²) in [5, 5.41) is 10.4. The molecule has 0 unspecified atom stereocenters. The van der Waals surface area contributed by atoms with Gasteiger partial charge in [0.15, 0.2) is 0 Å². The first kappa shape index (κ1) is 26.7. The number of nitrogens with zero attached hydrogens (tertiary/aromatic N) is 1. The zero-order valence-electron chi connectivity index (χ0n) is 25.4. The van der Waals surface area contributed by atoms with Gasteiger partial charge in [-0.1, -0.05) is 115 Å². The van der Waals surface area contributed by atoms with Gasteiger partial charge >= 0.3 is 0 Å². The SMILES string of the molecule is c1ccc2c(-c3ccc(N(c4ccc5c(c4)sc4ccc6ccccc6c45)c4cccc5sc6ccccc6c45)cc3)cccc2c1. The lowest BCUT2D eigenvalue weighted by Crippen LogP contribution is -2.10. The minimum Gasteiger partial charge on any atom is -0.310 e. The number of rotatable bonds is 4. The monoisotopic (exact) mass is 633 g/mol. The van der Waals surface area contributed by atoms with Crippen molar-refractivity contribution in [2.45, 2.75) is 0 Å². The Kier molecular flexibility index (Phi) is 5.98. The van der Waals surface area contributed by atoms with E-state index in [-0.39, 0.29) is 0 Å². The molecule has 0 aliphatic carbocycles. The van der Waals surface area contributed by atoms with Crippen LogP contribution in [0.3, 0.4) is 0 Å². The van der Waals surface area contributed by atoms with Crippen LogP contribution in [0.1, 0.15) is 0 Å². The lowest BCUT2D eigenvalue weighted by Gasteiger charge is -2.27. The second-order valence-corrected chi connectivity index (χ2v) is 14.3. The highest BCUT2D eigenvalue weighted by molar-refractivity contribution is 7.26. The van der Waals surface area contributed by atoms with E-state index < -0.39 is 0 Å². The second kappa shape index (κ2) is 10.5. The molecule has 0 bridgehead atoms. The van der Waals surface area contributed by atoms with Gasteiger partial charge in [-0.15, -0.1) is 22.7 Å². The van der Waals surface area contributed by atoms with E-state index in [0.717, 1.165) is 11.4 Å². The molecule has 10 rings (SSSR count). The third kappa shape index (κ3) is 4.21. The highest BCUT2D eigenvalue weighted by Gasteiger charge is 2.20. The molecule has 0 aliphatic rings. The molecule has 0 radical (unpaired) electrons. The Balaban J connectivity index is 1.20. The summed E-state index contributed by atoms with van der Waals surface area (Å²) in [5.74, 6) is 0. The minimum absolute atomic E-state index is 1.14. The van der Waals surface area contributed by atoms with Gasteiger partial charge in [0.1, 0.15) is 0 Å². The number of fused-ring (bicyclic) bond motifs is 9. The predicted octanol–water partition coefficient (Wildman–Crippen LogP) is 13.9. The average molecular weight is 634 g/mol. The quantitative estimate of drug-likeness (QED) is 0.186. The number of hydrogen-bond acceptors (Lipinski definition) is 3. The molecule has 0 spiro atoms. The zero-order valence-corrected chi connectivity index (χ0v) is 27.0. The molecule has 0 aliphatic heterocycles. The van der Waals surface area contributed by atoms with Crippen LogP contribution in [-0.4, -0.2) is 0 Å². The summed E-state index contributed by atoms with van der Waals surface area (Å²) in [6, 6.07) is 60.2. The van der Waals surface area contributed by atoms with Crippen LogP contribution in [0.25, 0.3) is 73.0 Å². The fourth-order valence-electron chi connectivity index (χ4n) is 7.31. The van der Waals surface area contributed by atoms with Crippen LogP contribution in [0, 0.1) is 0 Å². The third-order valence-electron chi connectivity index (χ3n) is 9.45. The molecule has 10 aromatic rings. The van der Waals surface area contributed by atoms with Crippen molar-refractivity contribution in [2.24, 2.45) is 0 Å². The van der Waals surface area contributed by atoms with E-state index in [1.54, 1.807) is 0 Å². The van der Waals surface area contributed by atoms with E-state index in [0.29, 0.717) is 0 Å². The summed E-state index contributed by atoms with van der Waals surface area (Å²) in [6.07, 6.45) is 0. The fourth-order valence-corrected chi connectivity index (χ4v) is 9.59. The zero-order chi connectivity index (χ0) is 30.9. The molecule has 0 saturated carbocycles. The van der Waals surface area contributed by atoms with Gasteiger partial charge in [0.25, 0.3) is 0 Å². The van der Waals surface area contributed by atoms with Crippen LogP contribution in [-0.2, 0) is 0 Å². The smallest absolute Gasteiger partial charge is 0.0554 e. The molecule has 0 amide bonds. The van der Waals surface area contributed by atoms with E-state index in [1.807, 2.05) is 22.7 Å². The maximum Gasteiger partial charge on any atom is 0.0554 e. The van der Waals surface area contributed by atoms with E-state index in [9.17, 15) is 0 Å². The highest BCUT2D eigenvalue weighted by Crippen LogP contribution is 2.47. The molecular weight excluding hydrogens is 607 g/mol. The molecule has 8 aromatic carbocycles. The van der Waals surface area contributed by atoms with E-state index >= 15 is 0 Å². The molecular formula is C44H27NS2. The second-order valence-electron chi connectivity index (χ2n) is 12.1. The van der Waals surface area contributed by atoms with Crippen molar-refractivity contribution >= 4 is 102 Å². The molecule has 0 N–H and O–H groups in total. The summed E-state index contributed by atoms with van der Waals surface area (Å²) in [6.45, 7) is 0. The van der Waals surface area contributed by atoms with Gasteiger partial charge in [0, 0.05) is 51.7 Å². The van der Waals surface area contributed by atoms with Gasteiger partial charge in [0.2, 0.25) is 0 Å². The molecule has 0 saturated heterocycles. The lowest BCUT2D eigenvalue weighted by atomic mass is 9.98. The summed E-state index contributed by atoms with van der Waals surface area (Å²) < 4.78 is 5.24. The first-order valence-corrected chi connectivity index (χ1v) is 17.6. The Labute approximate surface area is 280 Å². The first-order valence-electron chi connectivity index (χ1n) is 15.9. The fraction of sp³-hybridized carbons (Fsp3) is 0. The van der Waals surface area contributed by atoms with E-state index in [4.69, 9.17) is 0 Å². The molecule has 1 nitrogen and oxygen atoms in total. The Morgan fingerprint density at radius 1 is 0.362 bits per heavy atom. The molecule has 47 heavy (non-hydrogen) atoms. The molecule has 2 aromatic heterocycles. The van der Waals surface area contributed by atoms with Crippen molar-refractivity contribution in [3.8, 4) is 11.1 Å². The number of benzene rings is 8. The molecule has 3 heteroatoms. The Hall–Kier alpha value is -5.48. The number of anilines is 3. The summed E-state index contributed by atoms with van der Waals surface area (Å²) >= 11 is 3.75. The van der Waals surface area contributed by atoms with Gasteiger partial charge < -0.3 is 4.90 Å². The summed E-state index contributed by atoms with van der Waals surface area (Å²) in [5.41, 5.74) is 5.98. The van der Waals surface area contributed by atoms with Crippen molar-refractivity contribution in [2.75, 3.05) is 4.90 Å². The summed E-state index contributed by atoms with van der Waals surface area (Å²) in [7, 11) is 0. The molecule has 0 atom stereocenters. The molecule has 2 heterocycles. The van der Waals surface area contributed by atoms with Crippen molar-refractivity contribution in [1.82, 2.24) is 0 Å².